The SMILES string of the molecule is O=C(Cc1sc(NC2CCCCC2)nc1O)Nc1ccccc1Cl. The Bertz CT molecular complexity index is 714. The fraction of sp³-hybridized carbons (Fsp3) is 0.412. The average molecular weight is 366 g/mol. The van der Waals surface area contributed by atoms with E-state index in [0.29, 0.717) is 26.8 Å². The molecule has 3 rings (SSSR count). The number of halogens is 1. The average Bonchev–Trinajstić information content (AvgIpc) is 2.90. The Morgan fingerprint density at radius 3 is 2.79 bits per heavy atom. The fourth-order valence-corrected chi connectivity index (χ4v) is 3.96. The van der Waals surface area contributed by atoms with Crippen molar-refractivity contribution >= 4 is 39.7 Å². The lowest BCUT2D eigenvalue weighted by Crippen LogP contribution is -2.21. The Morgan fingerprint density at radius 2 is 2.04 bits per heavy atom. The van der Waals surface area contributed by atoms with E-state index >= 15 is 0 Å². The molecule has 5 nitrogen and oxygen atoms in total. The van der Waals surface area contributed by atoms with Crippen LogP contribution in [0.5, 0.6) is 5.88 Å². The second-order valence-electron chi connectivity index (χ2n) is 5.95. The fourth-order valence-electron chi connectivity index (χ4n) is 2.84. The van der Waals surface area contributed by atoms with Crippen LogP contribution in [0.2, 0.25) is 5.02 Å². The molecule has 128 valence electrons. The van der Waals surface area contributed by atoms with E-state index in [4.69, 9.17) is 11.6 Å². The maximum absolute atomic E-state index is 12.2. The highest BCUT2D eigenvalue weighted by Crippen LogP contribution is 2.31. The van der Waals surface area contributed by atoms with Gasteiger partial charge in [0.25, 0.3) is 0 Å². The number of nitrogens with one attached hydrogen (secondary N) is 2. The first-order valence-corrected chi connectivity index (χ1v) is 9.31. The van der Waals surface area contributed by atoms with E-state index in [1.165, 1.54) is 30.6 Å². The molecule has 1 amide bonds. The van der Waals surface area contributed by atoms with Crippen LogP contribution in [0.3, 0.4) is 0 Å². The molecule has 1 aliphatic rings. The monoisotopic (exact) mass is 365 g/mol. The van der Waals surface area contributed by atoms with Crippen molar-refractivity contribution in [1.82, 2.24) is 4.98 Å². The Hall–Kier alpha value is -1.79. The number of aromatic hydroxyl groups is 1. The van der Waals surface area contributed by atoms with Gasteiger partial charge in [-0.05, 0) is 25.0 Å². The van der Waals surface area contributed by atoms with Gasteiger partial charge in [0, 0.05) is 6.04 Å². The molecule has 0 atom stereocenters. The number of nitrogens with zero attached hydrogens (tertiary/aromatic N) is 1. The number of amides is 1. The van der Waals surface area contributed by atoms with Crippen molar-refractivity contribution in [2.24, 2.45) is 0 Å². The highest BCUT2D eigenvalue weighted by atomic mass is 35.5. The van der Waals surface area contributed by atoms with Crippen molar-refractivity contribution in [2.75, 3.05) is 10.6 Å². The molecule has 1 heterocycles. The molecule has 7 heteroatoms. The van der Waals surface area contributed by atoms with E-state index in [1.54, 1.807) is 24.3 Å². The Balaban J connectivity index is 1.60. The third-order valence-corrected chi connectivity index (χ3v) is 5.38. The number of thiazole rings is 1. The zero-order valence-electron chi connectivity index (χ0n) is 13.2. The smallest absolute Gasteiger partial charge is 0.229 e. The summed E-state index contributed by atoms with van der Waals surface area (Å²) >= 11 is 7.36. The lowest BCUT2D eigenvalue weighted by molar-refractivity contribution is -0.115. The molecule has 0 radical (unpaired) electrons. The van der Waals surface area contributed by atoms with Gasteiger partial charge in [-0.15, -0.1) is 0 Å². The third kappa shape index (κ3) is 4.39. The molecule has 24 heavy (non-hydrogen) atoms. The molecular weight excluding hydrogens is 346 g/mol. The van der Waals surface area contributed by atoms with Crippen LogP contribution in [0.15, 0.2) is 24.3 Å². The van der Waals surface area contributed by atoms with Gasteiger partial charge >= 0.3 is 0 Å². The number of aromatic nitrogens is 1. The summed E-state index contributed by atoms with van der Waals surface area (Å²) in [7, 11) is 0. The summed E-state index contributed by atoms with van der Waals surface area (Å²) in [5, 5.41) is 17.3. The number of benzene rings is 1. The Morgan fingerprint density at radius 1 is 1.29 bits per heavy atom. The number of hydrogen-bond acceptors (Lipinski definition) is 5. The van der Waals surface area contributed by atoms with Crippen LogP contribution in [0.1, 0.15) is 37.0 Å². The minimum atomic E-state index is -0.230. The van der Waals surface area contributed by atoms with Crippen LogP contribution in [0.4, 0.5) is 10.8 Å². The van der Waals surface area contributed by atoms with Crippen molar-refractivity contribution in [3.8, 4) is 5.88 Å². The van der Waals surface area contributed by atoms with Crippen molar-refractivity contribution < 1.29 is 9.90 Å². The molecule has 1 aliphatic carbocycles. The van der Waals surface area contributed by atoms with Crippen molar-refractivity contribution in [2.45, 2.75) is 44.6 Å². The number of rotatable bonds is 5. The van der Waals surface area contributed by atoms with Gasteiger partial charge in [0.05, 0.1) is 22.0 Å². The number of para-hydroxylation sites is 1. The van der Waals surface area contributed by atoms with Gasteiger partial charge in [-0.3, -0.25) is 4.79 Å². The summed E-state index contributed by atoms with van der Waals surface area (Å²) in [6.45, 7) is 0. The maximum Gasteiger partial charge on any atom is 0.229 e. The first kappa shape index (κ1) is 17.0. The molecule has 0 saturated heterocycles. The summed E-state index contributed by atoms with van der Waals surface area (Å²) in [5.41, 5.74) is 0.564. The van der Waals surface area contributed by atoms with E-state index in [0.717, 1.165) is 12.8 Å². The normalized spacial score (nSPS) is 15.2. The van der Waals surface area contributed by atoms with Gasteiger partial charge < -0.3 is 15.7 Å². The summed E-state index contributed by atoms with van der Waals surface area (Å²) in [6.07, 6.45) is 6.06. The molecular formula is C17H20ClN3O2S. The van der Waals surface area contributed by atoms with Crippen LogP contribution < -0.4 is 10.6 Å². The van der Waals surface area contributed by atoms with Gasteiger partial charge in [-0.1, -0.05) is 54.3 Å². The zero-order valence-corrected chi connectivity index (χ0v) is 14.8. The zero-order chi connectivity index (χ0) is 16.9. The lowest BCUT2D eigenvalue weighted by Gasteiger charge is -2.22. The summed E-state index contributed by atoms with van der Waals surface area (Å²) in [4.78, 5) is 16.9. The number of anilines is 2. The van der Waals surface area contributed by atoms with Gasteiger partial charge in [0.15, 0.2) is 5.13 Å². The second-order valence-corrected chi connectivity index (χ2v) is 7.44. The van der Waals surface area contributed by atoms with Gasteiger partial charge in [-0.2, -0.15) is 4.98 Å². The molecule has 1 fully saturated rings. The third-order valence-electron chi connectivity index (χ3n) is 4.08. The minimum Gasteiger partial charge on any atom is -0.492 e. The molecule has 1 aromatic carbocycles. The van der Waals surface area contributed by atoms with E-state index < -0.39 is 0 Å². The van der Waals surface area contributed by atoms with Crippen molar-refractivity contribution in [3.63, 3.8) is 0 Å². The van der Waals surface area contributed by atoms with Crippen molar-refractivity contribution in [3.05, 3.63) is 34.2 Å². The van der Waals surface area contributed by atoms with Crippen LogP contribution in [-0.2, 0) is 11.2 Å². The Kier molecular flexibility index (Phi) is 5.58. The van der Waals surface area contributed by atoms with Gasteiger partial charge in [0.1, 0.15) is 0 Å². The summed E-state index contributed by atoms with van der Waals surface area (Å²) in [5.74, 6) is -0.307. The predicted octanol–water partition coefficient (Wildman–Crippen LogP) is 4.43. The van der Waals surface area contributed by atoms with E-state index in [2.05, 4.69) is 15.6 Å². The van der Waals surface area contributed by atoms with E-state index in [1.807, 2.05) is 0 Å². The van der Waals surface area contributed by atoms with E-state index in [9.17, 15) is 9.90 Å². The quantitative estimate of drug-likeness (QED) is 0.732. The number of hydrogen-bond donors (Lipinski definition) is 3. The first-order chi connectivity index (χ1) is 11.6. The Labute approximate surface area is 150 Å². The van der Waals surface area contributed by atoms with E-state index in [-0.39, 0.29) is 18.2 Å². The van der Waals surface area contributed by atoms with Crippen LogP contribution >= 0.6 is 22.9 Å². The van der Waals surface area contributed by atoms with Crippen molar-refractivity contribution in [1.29, 1.82) is 0 Å². The van der Waals surface area contributed by atoms with Crippen LogP contribution in [-0.4, -0.2) is 22.0 Å². The molecule has 3 N–H and O–H groups in total. The first-order valence-electron chi connectivity index (χ1n) is 8.11. The highest BCUT2D eigenvalue weighted by Gasteiger charge is 2.18. The summed E-state index contributed by atoms with van der Waals surface area (Å²) in [6, 6.07) is 7.47. The van der Waals surface area contributed by atoms with Crippen LogP contribution in [0.25, 0.3) is 0 Å². The summed E-state index contributed by atoms with van der Waals surface area (Å²) < 4.78 is 0. The standard InChI is InChI=1S/C17H20ClN3O2S/c18-12-8-4-5-9-13(12)20-15(22)10-14-16(23)21-17(24-14)19-11-6-2-1-3-7-11/h4-5,8-9,11,23H,1-3,6-7,10H2,(H,19,21)(H,20,22). The van der Waals surface area contributed by atoms with Gasteiger partial charge in [0.2, 0.25) is 11.8 Å². The topological polar surface area (TPSA) is 74.2 Å². The maximum atomic E-state index is 12.2. The predicted molar refractivity (Wildman–Crippen MR) is 98.1 cm³/mol. The second kappa shape index (κ2) is 7.85. The molecule has 0 spiro atoms. The molecule has 1 saturated carbocycles. The number of carbonyl (C=O) groups is 1. The molecule has 2 aromatic rings. The molecule has 0 unspecified atom stereocenters. The van der Waals surface area contributed by atoms with Gasteiger partial charge in [-0.25, -0.2) is 0 Å². The molecule has 0 aliphatic heterocycles. The molecule has 1 aromatic heterocycles. The number of carbonyl (C=O) groups excluding carboxylic acids is 1. The lowest BCUT2D eigenvalue weighted by atomic mass is 9.96. The highest BCUT2D eigenvalue weighted by molar-refractivity contribution is 7.16. The largest absolute Gasteiger partial charge is 0.492 e. The molecule has 0 bridgehead atoms. The minimum absolute atomic E-state index is 0.0705. The van der Waals surface area contributed by atoms with Crippen LogP contribution in [0, 0.1) is 0 Å².